The first kappa shape index (κ1) is 15.3. The van der Waals surface area contributed by atoms with Crippen LogP contribution in [0.15, 0.2) is 46.1 Å². The maximum Gasteiger partial charge on any atom is 0.354 e. The van der Waals surface area contributed by atoms with Gasteiger partial charge in [-0.15, -0.1) is 0 Å². The van der Waals surface area contributed by atoms with Gasteiger partial charge in [0.05, 0.1) is 11.4 Å². The van der Waals surface area contributed by atoms with Gasteiger partial charge in [0, 0.05) is 17.3 Å². The number of hydrogen-bond donors (Lipinski definition) is 2. The van der Waals surface area contributed by atoms with Gasteiger partial charge in [0.1, 0.15) is 11.6 Å². The largest absolute Gasteiger partial charge is 0.383 e. The average Bonchev–Trinajstić information content (AvgIpc) is 2.62. The van der Waals surface area contributed by atoms with E-state index in [0.29, 0.717) is 11.5 Å². The molecule has 0 saturated carbocycles. The highest BCUT2D eigenvalue weighted by Crippen LogP contribution is 2.21. The van der Waals surface area contributed by atoms with Crippen molar-refractivity contribution < 1.29 is 0 Å². The summed E-state index contributed by atoms with van der Waals surface area (Å²) in [5.41, 5.74) is 8.06. The number of hydrogen-bond acceptors (Lipinski definition) is 5. The van der Waals surface area contributed by atoms with Crippen molar-refractivity contribution in [1.82, 2.24) is 19.5 Å². The summed E-state index contributed by atoms with van der Waals surface area (Å²) in [6.45, 7) is 0. The predicted molar refractivity (Wildman–Crippen MR) is 94.7 cm³/mol. The number of anilines is 1. The van der Waals surface area contributed by atoms with E-state index in [1.54, 1.807) is 24.4 Å². The first-order chi connectivity index (χ1) is 12.1. The Morgan fingerprint density at radius 2 is 1.92 bits per heavy atom. The zero-order chi connectivity index (χ0) is 17.4. The van der Waals surface area contributed by atoms with Crippen LogP contribution >= 0.6 is 0 Å². The summed E-state index contributed by atoms with van der Waals surface area (Å²) in [6.07, 6.45) is 5.26. The van der Waals surface area contributed by atoms with E-state index in [0.717, 1.165) is 42.5 Å². The second-order valence-corrected chi connectivity index (χ2v) is 6.10. The minimum Gasteiger partial charge on any atom is -0.383 e. The molecule has 2 heterocycles. The van der Waals surface area contributed by atoms with E-state index in [-0.39, 0.29) is 11.4 Å². The van der Waals surface area contributed by atoms with Gasteiger partial charge in [-0.25, -0.2) is 9.78 Å². The van der Waals surface area contributed by atoms with Crippen molar-refractivity contribution >= 4 is 5.82 Å². The number of aromatic amines is 1. The smallest absolute Gasteiger partial charge is 0.354 e. The molecule has 0 unspecified atom stereocenters. The highest BCUT2D eigenvalue weighted by molar-refractivity contribution is 5.59. The van der Waals surface area contributed by atoms with Gasteiger partial charge in [0.2, 0.25) is 0 Å². The molecule has 1 aromatic carbocycles. The summed E-state index contributed by atoms with van der Waals surface area (Å²) in [4.78, 5) is 35.6. The molecule has 25 heavy (non-hydrogen) atoms. The van der Waals surface area contributed by atoms with Crippen LogP contribution in [-0.2, 0) is 12.8 Å². The Morgan fingerprint density at radius 1 is 1.08 bits per heavy atom. The Kier molecular flexibility index (Phi) is 3.68. The maximum atomic E-state index is 12.3. The van der Waals surface area contributed by atoms with E-state index in [1.807, 2.05) is 12.1 Å². The van der Waals surface area contributed by atoms with Gasteiger partial charge in [-0.1, -0.05) is 12.1 Å². The van der Waals surface area contributed by atoms with E-state index in [2.05, 4.69) is 15.0 Å². The average molecular weight is 335 g/mol. The lowest BCUT2D eigenvalue weighted by molar-refractivity contribution is 0.657. The van der Waals surface area contributed by atoms with Crippen molar-refractivity contribution in [3.05, 3.63) is 68.6 Å². The summed E-state index contributed by atoms with van der Waals surface area (Å²) in [7, 11) is 0. The molecule has 1 aliphatic rings. The normalized spacial score (nSPS) is 13.4. The number of H-pyrrole nitrogens is 1. The fourth-order valence-corrected chi connectivity index (χ4v) is 3.16. The van der Waals surface area contributed by atoms with E-state index >= 15 is 0 Å². The Labute approximate surface area is 143 Å². The zero-order valence-corrected chi connectivity index (χ0v) is 13.5. The van der Waals surface area contributed by atoms with Crippen LogP contribution in [0.4, 0.5) is 5.82 Å². The first-order valence-corrected chi connectivity index (χ1v) is 8.20. The molecule has 0 bridgehead atoms. The monoisotopic (exact) mass is 335 g/mol. The van der Waals surface area contributed by atoms with Gasteiger partial charge in [-0.2, -0.15) is 4.98 Å². The third-order valence-corrected chi connectivity index (χ3v) is 4.41. The molecule has 7 nitrogen and oxygen atoms in total. The number of benzene rings is 1. The van der Waals surface area contributed by atoms with Crippen molar-refractivity contribution in [3.63, 3.8) is 0 Å². The third-order valence-electron chi connectivity index (χ3n) is 4.41. The maximum absolute atomic E-state index is 12.3. The molecule has 0 spiro atoms. The summed E-state index contributed by atoms with van der Waals surface area (Å²) in [5.74, 6) is 0.696. The van der Waals surface area contributed by atoms with Crippen molar-refractivity contribution in [2.45, 2.75) is 25.7 Å². The van der Waals surface area contributed by atoms with Gasteiger partial charge >= 0.3 is 5.69 Å². The Bertz CT molecular complexity index is 1070. The zero-order valence-electron chi connectivity index (χ0n) is 13.5. The lowest BCUT2D eigenvalue weighted by atomic mass is 9.97. The topological polar surface area (TPSA) is 107 Å². The standard InChI is InChI=1S/C18H17N5O2/c19-15-8-9-23(18(25)21-15)12-5-3-4-11(10-12)16-20-14-7-2-1-6-13(14)17(24)22-16/h3-5,8-10H,1-2,6-7H2,(H2,19,21,25)(H,20,22,24). The number of rotatable bonds is 2. The van der Waals surface area contributed by atoms with Crippen molar-refractivity contribution in [3.8, 4) is 17.1 Å². The van der Waals surface area contributed by atoms with Gasteiger partial charge < -0.3 is 10.7 Å². The minimum atomic E-state index is -0.455. The quantitative estimate of drug-likeness (QED) is 0.737. The highest BCUT2D eigenvalue weighted by Gasteiger charge is 2.16. The van der Waals surface area contributed by atoms with Crippen LogP contribution in [-0.4, -0.2) is 19.5 Å². The van der Waals surface area contributed by atoms with Crippen molar-refractivity contribution in [2.75, 3.05) is 5.73 Å². The number of aryl methyl sites for hydroxylation is 1. The van der Waals surface area contributed by atoms with Crippen LogP contribution in [0.5, 0.6) is 0 Å². The van der Waals surface area contributed by atoms with Crippen LogP contribution in [0.1, 0.15) is 24.1 Å². The second kappa shape index (κ2) is 6.01. The molecule has 2 aromatic heterocycles. The fraction of sp³-hybridized carbons (Fsp3) is 0.222. The summed E-state index contributed by atoms with van der Waals surface area (Å²) in [5, 5.41) is 0. The molecular formula is C18H17N5O2. The number of fused-ring (bicyclic) bond motifs is 1. The molecule has 0 aliphatic heterocycles. The molecule has 3 aromatic rings. The third kappa shape index (κ3) is 2.84. The van der Waals surface area contributed by atoms with Crippen molar-refractivity contribution in [2.24, 2.45) is 0 Å². The van der Waals surface area contributed by atoms with Crippen molar-refractivity contribution in [1.29, 1.82) is 0 Å². The fourth-order valence-electron chi connectivity index (χ4n) is 3.16. The van der Waals surface area contributed by atoms with Gasteiger partial charge in [0.25, 0.3) is 5.56 Å². The lowest BCUT2D eigenvalue weighted by Crippen LogP contribution is -2.22. The van der Waals surface area contributed by atoms with Gasteiger partial charge in [0.15, 0.2) is 0 Å². The van der Waals surface area contributed by atoms with Crippen LogP contribution in [0.2, 0.25) is 0 Å². The summed E-state index contributed by atoms with van der Waals surface area (Å²) >= 11 is 0. The summed E-state index contributed by atoms with van der Waals surface area (Å²) in [6, 6.07) is 8.82. The second-order valence-electron chi connectivity index (χ2n) is 6.10. The molecule has 0 saturated heterocycles. The Hall–Kier alpha value is -3.22. The molecule has 3 N–H and O–H groups in total. The minimum absolute atomic E-state index is 0.0728. The van der Waals surface area contributed by atoms with Crippen LogP contribution in [0.25, 0.3) is 17.1 Å². The molecule has 4 rings (SSSR count). The molecule has 1 aliphatic carbocycles. The van der Waals surface area contributed by atoms with Gasteiger partial charge in [-0.3, -0.25) is 9.36 Å². The predicted octanol–water partition coefficient (Wildman–Crippen LogP) is 1.44. The van der Waals surface area contributed by atoms with E-state index in [4.69, 9.17) is 5.73 Å². The van der Waals surface area contributed by atoms with E-state index in [9.17, 15) is 9.59 Å². The lowest BCUT2D eigenvalue weighted by Gasteiger charge is -2.15. The SMILES string of the molecule is Nc1ccn(-c2cccc(-c3nc4c(c(=O)[nH]3)CCCC4)c2)c(=O)n1. The molecule has 0 atom stereocenters. The summed E-state index contributed by atoms with van der Waals surface area (Å²) < 4.78 is 1.40. The number of nitrogens with two attached hydrogens (primary N) is 1. The number of nitrogens with one attached hydrogen (secondary N) is 1. The van der Waals surface area contributed by atoms with Crippen LogP contribution in [0.3, 0.4) is 0 Å². The number of nitrogens with zero attached hydrogens (tertiary/aromatic N) is 3. The first-order valence-electron chi connectivity index (χ1n) is 8.20. The van der Waals surface area contributed by atoms with Crippen LogP contribution in [0, 0.1) is 0 Å². The Balaban J connectivity index is 1.81. The molecular weight excluding hydrogens is 318 g/mol. The molecule has 7 heteroatoms. The highest BCUT2D eigenvalue weighted by atomic mass is 16.1. The van der Waals surface area contributed by atoms with Crippen LogP contribution < -0.4 is 17.0 Å². The van der Waals surface area contributed by atoms with E-state index < -0.39 is 5.69 Å². The molecule has 126 valence electrons. The Morgan fingerprint density at radius 3 is 2.76 bits per heavy atom. The molecule has 0 radical (unpaired) electrons. The molecule has 0 amide bonds. The number of nitrogen functional groups attached to an aromatic ring is 1. The van der Waals surface area contributed by atoms with E-state index in [1.165, 1.54) is 4.57 Å². The number of aromatic nitrogens is 4. The van der Waals surface area contributed by atoms with Gasteiger partial charge in [-0.05, 0) is 43.9 Å². The molecule has 0 fully saturated rings.